The van der Waals surface area contributed by atoms with Crippen LogP contribution in [0.3, 0.4) is 0 Å². The number of nitrogens with two attached hydrogens (primary N) is 1. The van der Waals surface area contributed by atoms with E-state index in [0.29, 0.717) is 17.9 Å². The Balaban J connectivity index is 2.03. The lowest BCUT2D eigenvalue weighted by atomic mass is 9.83. The normalized spacial score (nSPS) is 20.0. The Morgan fingerprint density at radius 3 is 2.40 bits per heavy atom. The second-order valence-electron chi connectivity index (χ2n) is 7.09. The van der Waals surface area contributed by atoms with E-state index in [1.165, 1.54) is 17.6 Å². The molecule has 4 nitrogen and oxygen atoms in total. The predicted octanol–water partition coefficient (Wildman–Crippen LogP) is 4.20. The first kappa shape index (κ1) is 18.4. The molecule has 0 saturated carbocycles. The van der Waals surface area contributed by atoms with Crippen LogP contribution in [0, 0.1) is 0 Å². The lowest BCUT2D eigenvalue weighted by Crippen LogP contribution is -2.41. The van der Waals surface area contributed by atoms with E-state index in [-0.39, 0.29) is 0 Å². The van der Waals surface area contributed by atoms with Gasteiger partial charge in [0.1, 0.15) is 11.5 Å². The zero-order valence-corrected chi connectivity index (χ0v) is 15.8. The van der Waals surface area contributed by atoms with Gasteiger partial charge in [-0.2, -0.15) is 0 Å². The minimum atomic E-state index is -1.06. The van der Waals surface area contributed by atoms with Gasteiger partial charge in [-0.1, -0.05) is 0 Å². The van der Waals surface area contributed by atoms with E-state index in [1.807, 2.05) is 39.8 Å². The van der Waals surface area contributed by atoms with Crippen LogP contribution in [-0.2, 0) is 15.7 Å². The first-order valence-corrected chi connectivity index (χ1v) is 9.15. The molecule has 2 aromatic rings. The van der Waals surface area contributed by atoms with Gasteiger partial charge >= 0.3 is 7.12 Å². The molecule has 0 amide bonds. The zero-order chi connectivity index (χ0) is 18.2. The van der Waals surface area contributed by atoms with E-state index in [9.17, 15) is 0 Å². The third-order valence-corrected chi connectivity index (χ3v) is 5.93. The van der Waals surface area contributed by atoms with E-state index >= 15 is 4.39 Å². The maximum absolute atomic E-state index is 15.5. The first-order chi connectivity index (χ1) is 11.7. The number of hydrogen-bond donors (Lipinski definition) is 1. The van der Waals surface area contributed by atoms with E-state index < -0.39 is 24.0 Å². The van der Waals surface area contributed by atoms with Crippen molar-refractivity contribution >= 4 is 24.0 Å². The summed E-state index contributed by atoms with van der Waals surface area (Å²) < 4.78 is 32.7. The van der Waals surface area contributed by atoms with Crippen molar-refractivity contribution < 1.29 is 18.1 Å². The molecule has 0 bridgehead atoms. The predicted molar refractivity (Wildman–Crippen MR) is 99.0 cm³/mol. The van der Waals surface area contributed by atoms with Crippen molar-refractivity contribution in [3.63, 3.8) is 0 Å². The zero-order valence-electron chi connectivity index (χ0n) is 15.0. The van der Waals surface area contributed by atoms with Gasteiger partial charge in [-0.3, -0.25) is 0 Å². The molecular formula is C18H23BFNO3S. The minimum Gasteiger partial charge on any atom is -0.464 e. The fourth-order valence-corrected chi connectivity index (χ4v) is 3.71. The average Bonchev–Trinajstić information content (AvgIpc) is 3.22. The number of halogens is 1. The van der Waals surface area contributed by atoms with Crippen molar-refractivity contribution in [3.8, 4) is 0 Å². The first-order valence-electron chi connectivity index (χ1n) is 8.33. The van der Waals surface area contributed by atoms with Crippen molar-refractivity contribution in [2.45, 2.75) is 45.3 Å². The summed E-state index contributed by atoms with van der Waals surface area (Å²) in [6.07, 6.45) is 2.29. The number of furan rings is 1. The Bertz CT molecular complexity index is 751. The maximum atomic E-state index is 15.5. The molecule has 3 heterocycles. The standard InChI is InChI=1S/C18H23BFNO3S/c1-17(2)18(3,4)24-19(23-17)16(20)15(13-6-5-11-22-13)14-8-7-12(25-14)9-10-21/h5-8,11H,9-10,21H2,1-4H3. The van der Waals surface area contributed by atoms with Crippen LogP contribution in [0.1, 0.15) is 43.2 Å². The molecule has 0 spiro atoms. The van der Waals surface area contributed by atoms with Gasteiger partial charge in [0.15, 0.2) is 0 Å². The van der Waals surface area contributed by atoms with Crippen molar-refractivity contribution in [1.29, 1.82) is 0 Å². The van der Waals surface area contributed by atoms with Crippen molar-refractivity contribution in [2.75, 3.05) is 6.54 Å². The lowest BCUT2D eigenvalue weighted by Gasteiger charge is -2.32. The van der Waals surface area contributed by atoms with Gasteiger partial charge < -0.3 is 19.5 Å². The molecule has 3 rings (SSSR count). The Morgan fingerprint density at radius 2 is 1.84 bits per heavy atom. The molecule has 25 heavy (non-hydrogen) atoms. The summed E-state index contributed by atoms with van der Waals surface area (Å²) in [7, 11) is -1.06. The van der Waals surface area contributed by atoms with Crippen LogP contribution in [0.15, 0.2) is 40.7 Å². The number of rotatable bonds is 5. The molecule has 1 aliphatic heterocycles. The molecule has 2 aromatic heterocycles. The summed E-state index contributed by atoms with van der Waals surface area (Å²) in [5.41, 5.74) is 4.30. The SMILES string of the molecule is CC1(C)OB(C(F)=C(c2ccco2)c2ccc(CCN)s2)OC1(C)C. The quantitative estimate of drug-likeness (QED) is 0.809. The van der Waals surface area contributed by atoms with Gasteiger partial charge in [0.05, 0.1) is 23.0 Å². The average molecular weight is 363 g/mol. The Labute approximate surface area is 152 Å². The third kappa shape index (κ3) is 3.46. The second kappa shape index (κ2) is 6.72. The van der Waals surface area contributed by atoms with Crippen LogP contribution in [0.25, 0.3) is 5.57 Å². The van der Waals surface area contributed by atoms with Gasteiger partial charge in [-0.05, 0) is 64.9 Å². The monoisotopic (exact) mass is 363 g/mol. The van der Waals surface area contributed by atoms with Gasteiger partial charge in [-0.15, -0.1) is 11.3 Å². The summed E-state index contributed by atoms with van der Waals surface area (Å²) >= 11 is 1.50. The molecule has 0 unspecified atom stereocenters. The number of thiophene rings is 1. The molecule has 1 fully saturated rings. The Morgan fingerprint density at radius 1 is 1.16 bits per heavy atom. The maximum Gasteiger partial charge on any atom is 0.526 e. The molecule has 0 aromatic carbocycles. The summed E-state index contributed by atoms with van der Waals surface area (Å²) in [5, 5.41) is 0. The molecule has 0 atom stereocenters. The van der Waals surface area contributed by atoms with Crippen LogP contribution in [0.4, 0.5) is 4.39 Å². The van der Waals surface area contributed by atoms with Gasteiger partial charge in [0, 0.05) is 9.75 Å². The molecule has 2 N–H and O–H groups in total. The molecule has 1 saturated heterocycles. The van der Waals surface area contributed by atoms with Gasteiger partial charge in [0.25, 0.3) is 0 Å². The molecule has 7 heteroatoms. The van der Waals surface area contributed by atoms with Gasteiger partial charge in [0.2, 0.25) is 0 Å². The van der Waals surface area contributed by atoms with Crippen LogP contribution < -0.4 is 5.73 Å². The van der Waals surface area contributed by atoms with E-state index in [2.05, 4.69) is 0 Å². The topological polar surface area (TPSA) is 57.6 Å². The summed E-state index contributed by atoms with van der Waals surface area (Å²) in [5.74, 6) is 0.452. The third-order valence-electron chi connectivity index (χ3n) is 4.77. The van der Waals surface area contributed by atoms with E-state index in [0.717, 1.165) is 16.2 Å². The van der Waals surface area contributed by atoms with Crippen LogP contribution in [0.5, 0.6) is 0 Å². The summed E-state index contributed by atoms with van der Waals surface area (Å²) in [4.78, 5) is 1.87. The fourth-order valence-electron chi connectivity index (χ4n) is 2.63. The smallest absolute Gasteiger partial charge is 0.464 e. The van der Waals surface area contributed by atoms with Crippen molar-refractivity contribution in [1.82, 2.24) is 0 Å². The Hall–Kier alpha value is -1.41. The Kier molecular flexibility index (Phi) is 4.94. The van der Waals surface area contributed by atoms with E-state index in [4.69, 9.17) is 19.5 Å². The highest BCUT2D eigenvalue weighted by molar-refractivity contribution is 7.13. The highest BCUT2D eigenvalue weighted by Gasteiger charge is 2.53. The number of hydrogen-bond acceptors (Lipinski definition) is 5. The van der Waals surface area contributed by atoms with Gasteiger partial charge in [-0.25, -0.2) is 4.39 Å². The molecule has 0 radical (unpaired) electrons. The molecule has 134 valence electrons. The fraction of sp³-hybridized carbons (Fsp3) is 0.444. The summed E-state index contributed by atoms with van der Waals surface area (Å²) in [6.45, 7) is 8.16. The largest absolute Gasteiger partial charge is 0.526 e. The molecule has 1 aliphatic rings. The lowest BCUT2D eigenvalue weighted by molar-refractivity contribution is 0.00578. The van der Waals surface area contributed by atoms with Crippen LogP contribution in [-0.4, -0.2) is 24.9 Å². The minimum absolute atomic E-state index is 0.372. The molecular weight excluding hydrogens is 340 g/mol. The second-order valence-corrected chi connectivity index (χ2v) is 8.26. The van der Waals surface area contributed by atoms with E-state index in [1.54, 1.807) is 12.1 Å². The van der Waals surface area contributed by atoms with Crippen LogP contribution >= 0.6 is 11.3 Å². The van der Waals surface area contributed by atoms with Crippen molar-refractivity contribution in [3.05, 3.63) is 51.8 Å². The summed E-state index contributed by atoms with van der Waals surface area (Å²) in [6, 6.07) is 7.33. The van der Waals surface area contributed by atoms with Crippen molar-refractivity contribution in [2.24, 2.45) is 5.73 Å². The highest BCUT2D eigenvalue weighted by atomic mass is 32.1. The van der Waals surface area contributed by atoms with Crippen LogP contribution in [0.2, 0.25) is 0 Å². The molecule has 0 aliphatic carbocycles. The highest BCUT2D eigenvalue weighted by Crippen LogP contribution is 2.42.